The van der Waals surface area contributed by atoms with Crippen molar-refractivity contribution in [3.63, 3.8) is 0 Å². The molecule has 2 bridgehead atoms. The summed E-state index contributed by atoms with van der Waals surface area (Å²) in [6, 6.07) is 5.60. The summed E-state index contributed by atoms with van der Waals surface area (Å²) in [7, 11) is 3.15. The maximum Gasteiger partial charge on any atom is 0.259 e. The fraction of sp³-hybridized carbons (Fsp3) is 0.611. The van der Waals surface area contributed by atoms with Gasteiger partial charge >= 0.3 is 0 Å². The number of hydrogen-bond acceptors (Lipinski definition) is 3. The van der Waals surface area contributed by atoms with E-state index < -0.39 is 0 Å². The molecule has 0 aromatic heterocycles. The quantitative estimate of drug-likeness (QED) is 0.908. The van der Waals surface area contributed by atoms with Crippen LogP contribution in [0.4, 0.5) is 0 Å². The molecule has 1 amide bonds. The summed E-state index contributed by atoms with van der Waals surface area (Å²) in [6.45, 7) is 2.13. The highest BCUT2D eigenvalue weighted by Gasteiger charge is 2.42. The van der Waals surface area contributed by atoms with Gasteiger partial charge in [-0.3, -0.25) is 4.79 Å². The van der Waals surface area contributed by atoms with E-state index in [9.17, 15) is 4.79 Å². The lowest BCUT2D eigenvalue weighted by atomic mass is 9.84. The molecule has 2 aliphatic rings. The van der Waals surface area contributed by atoms with Crippen molar-refractivity contribution in [2.24, 2.45) is 17.8 Å². The van der Waals surface area contributed by atoms with Crippen LogP contribution in [0.25, 0.3) is 0 Å². The average molecular weight is 303 g/mol. The second-order valence-corrected chi connectivity index (χ2v) is 6.64. The van der Waals surface area contributed by atoms with Gasteiger partial charge in [0.1, 0.15) is 17.1 Å². The number of benzene rings is 1. The van der Waals surface area contributed by atoms with Gasteiger partial charge in [-0.25, -0.2) is 0 Å². The zero-order valence-electron chi connectivity index (χ0n) is 13.6. The Morgan fingerprint density at radius 1 is 1.18 bits per heavy atom. The fourth-order valence-electron chi connectivity index (χ4n) is 4.37. The molecule has 0 radical (unpaired) electrons. The summed E-state index contributed by atoms with van der Waals surface area (Å²) >= 11 is 0. The number of fused-ring (bicyclic) bond motifs is 2. The molecule has 4 nitrogen and oxygen atoms in total. The lowest BCUT2D eigenvalue weighted by Crippen LogP contribution is -2.40. The zero-order valence-corrected chi connectivity index (χ0v) is 13.6. The van der Waals surface area contributed by atoms with Gasteiger partial charge in [0, 0.05) is 6.04 Å². The summed E-state index contributed by atoms with van der Waals surface area (Å²) in [5.41, 5.74) is 0.488. The molecule has 22 heavy (non-hydrogen) atoms. The predicted octanol–water partition coefficient (Wildman–Crippen LogP) is 3.26. The number of amides is 1. The third kappa shape index (κ3) is 2.67. The highest BCUT2D eigenvalue weighted by atomic mass is 16.5. The van der Waals surface area contributed by atoms with Crippen molar-refractivity contribution in [1.29, 1.82) is 0 Å². The van der Waals surface area contributed by atoms with Crippen molar-refractivity contribution in [1.82, 2.24) is 5.32 Å². The molecular weight excluding hydrogens is 278 g/mol. The van der Waals surface area contributed by atoms with Gasteiger partial charge in [0.25, 0.3) is 5.91 Å². The minimum atomic E-state index is -0.107. The van der Waals surface area contributed by atoms with Crippen LogP contribution in [0.1, 0.15) is 43.0 Å². The number of hydrogen-bond donors (Lipinski definition) is 1. The molecule has 1 aromatic rings. The van der Waals surface area contributed by atoms with Crippen LogP contribution in [0.5, 0.6) is 11.5 Å². The first-order valence-corrected chi connectivity index (χ1v) is 8.16. The van der Waals surface area contributed by atoms with Gasteiger partial charge in [0.2, 0.25) is 0 Å². The van der Waals surface area contributed by atoms with E-state index in [1.54, 1.807) is 26.4 Å². The van der Waals surface area contributed by atoms with Gasteiger partial charge < -0.3 is 14.8 Å². The first-order valence-electron chi connectivity index (χ1n) is 8.16. The Bertz CT molecular complexity index is 535. The minimum absolute atomic E-state index is 0.107. The van der Waals surface area contributed by atoms with Crippen LogP contribution < -0.4 is 14.8 Å². The van der Waals surface area contributed by atoms with Gasteiger partial charge in [-0.2, -0.15) is 0 Å². The van der Waals surface area contributed by atoms with Gasteiger partial charge in [-0.1, -0.05) is 12.5 Å². The minimum Gasteiger partial charge on any atom is -0.496 e. The second-order valence-electron chi connectivity index (χ2n) is 6.64. The number of nitrogens with one attached hydrogen (secondary N) is 1. The van der Waals surface area contributed by atoms with Crippen LogP contribution >= 0.6 is 0 Å². The molecule has 1 N–H and O–H groups in total. The number of methoxy groups -OCH3 is 2. The molecule has 4 unspecified atom stereocenters. The average Bonchev–Trinajstić information content (AvgIpc) is 3.16. The Morgan fingerprint density at radius 3 is 2.36 bits per heavy atom. The normalized spacial score (nSPS) is 27.5. The van der Waals surface area contributed by atoms with Crippen molar-refractivity contribution in [2.45, 2.75) is 38.6 Å². The van der Waals surface area contributed by atoms with Crippen molar-refractivity contribution < 1.29 is 14.3 Å². The Hall–Kier alpha value is -1.71. The Labute approximate surface area is 132 Å². The van der Waals surface area contributed by atoms with Gasteiger partial charge in [0.05, 0.1) is 14.2 Å². The molecule has 1 aromatic carbocycles. The fourth-order valence-corrected chi connectivity index (χ4v) is 4.37. The molecule has 4 heteroatoms. The number of rotatable bonds is 5. The Kier molecular flexibility index (Phi) is 4.27. The molecule has 0 heterocycles. The number of carbonyl (C=O) groups is 1. The van der Waals surface area contributed by atoms with Crippen LogP contribution in [-0.2, 0) is 0 Å². The van der Waals surface area contributed by atoms with Crippen molar-refractivity contribution in [2.75, 3.05) is 14.2 Å². The molecule has 0 saturated heterocycles. The Morgan fingerprint density at radius 2 is 1.86 bits per heavy atom. The highest BCUT2D eigenvalue weighted by Crippen LogP contribution is 2.49. The summed E-state index contributed by atoms with van der Waals surface area (Å²) in [4.78, 5) is 12.7. The third-order valence-electron chi connectivity index (χ3n) is 5.45. The van der Waals surface area contributed by atoms with Crippen LogP contribution in [-0.4, -0.2) is 26.2 Å². The van der Waals surface area contributed by atoms with E-state index >= 15 is 0 Å². The lowest BCUT2D eigenvalue weighted by molar-refractivity contribution is 0.0909. The van der Waals surface area contributed by atoms with Gasteiger partial charge in [-0.15, -0.1) is 0 Å². The molecule has 3 rings (SSSR count). The van der Waals surface area contributed by atoms with E-state index in [0.29, 0.717) is 23.0 Å². The van der Waals surface area contributed by atoms with Crippen LogP contribution in [0.2, 0.25) is 0 Å². The van der Waals surface area contributed by atoms with Crippen molar-refractivity contribution in [3.8, 4) is 11.5 Å². The maximum absolute atomic E-state index is 12.7. The largest absolute Gasteiger partial charge is 0.496 e. The smallest absolute Gasteiger partial charge is 0.259 e. The molecular formula is C18H25NO3. The maximum atomic E-state index is 12.7. The summed E-state index contributed by atoms with van der Waals surface area (Å²) in [5.74, 6) is 3.29. The third-order valence-corrected chi connectivity index (χ3v) is 5.45. The van der Waals surface area contributed by atoms with Crippen LogP contribution in [0.15, 0.2) is 18.2 Å². The van der Waals surface area contributed by atoms with Crippen LogP contribution in [0.3, 0.4) is 0 Å². The van der Waals surface area contributed by atoms with E-state index in [1.165, 1.54) is 25.7 Å². The molecule has 0 aliphatic heterocycles. The molecule has 2 saturated carbocycles. The van der Waals surface area contributed by atoms with E-state index in [1.807, 2.05) is 6.07 Å². The molecule has 4 atom stereocenters. The monoisotopic (exact) mass is 303 g/mol. The van der Waals surface area contributed by atoms with Crippen molar-refractivity contribution in [3.05, 3.63) is 23.8 Å². The first-order chi connectivity index (χ1) is 10.6. The van der Waals surface area contributed by atoms with Gasteiger partial charge in [-0.05, 0) is 56.1 Å². The SMILES string of the molecule is COc1cccc(OC)c1C(=O)NC(C)C1CC2CCC1C2. The summed E-state index contributed by atoms with van der Waals surface area (Å²) in [5, 5.41) is 3.17. The topological polar surface area (TPSA) is 47.6 Å². The molecule has 120 valence electrons. The van der Waals surface area contributed by atoms with E-state index in [-0.39, 0.29) is 11.9 Å². The zero-order chi connectivity index (χ0) is 15.7. The molecule has 2 aliphatic carbocycles. The molecule has 0 spiro atoms. The summed E-state index contributed by atoms with van der Waals surface area (Å²) < 4.78 is 10.6. The van der Waals surface area contributed by atoms with Crippen LogP contribution in [0, 0.1) is 17.8 Å². The van der Waals surface area contributed by atoms with E-state index in [4.69, 9.17) is 9.47 Å². The number of ether oxygens (including phenoxy) is 2. The highest BCUT2D eigenvalue weighted by molar-refractivity contribution is 5.99. The van der Waals surface area contributed by atoms with Crippen molar-refractivity contribution >= 4 is 5.91 Å². The molecule has 2 fully saturated rings. The summed E-state index contributed by atoms with van der Waals surface area (Å²) in [6.07, 6.45) is 5.31. The Balaban J connectivity index is 1.74. The lowest BCUT2D eigenvalue weighted by Gasteiger charge is -2.28. The standard InChI is InChI=1S/C18H25NO3/c1-11(14-10-12-7-8-13(14)9-12)19-18(20)17-15(21-2)5-4-6-16(17)22-3/h4-6,11-14H,7-10H2,1-3H3,(H,19,20). The van der Waals surface area contributed by atoms with E-state index in [0.717, 1.165) is 11.8 Å². The predicted molar refractivity (Wildman–Crippen MR) is 85.4 cm³/mol. The first kappa shape index (κ1) is 15.2. The van der Waals surface area contributed by atoms with E-state index in [2.05, 4.69) is 12.2 Å². The second kappa shape index (κ2) is 6.19. The van der Waals surface area contributed by atoms with Gasteiger partial charge in [0.15, 0.2) is 0 Å². The number of carbonyl (C=O) groups excluding carboxylic acids is 1.